The number of aliphatic hydroxyl groups is 3. The lowest BCUT2D eigenvalue weighted by Crippen LogP contribution is -2.50. The number of carbonyl (C=O) groups excluding carboxylic acids is 1. The van der Waals surface area contributed by atoms with Crippen molar-refractivity contribution in [2.45, 2.75) is 257 Å². The molecule has 0 aliphatic rings. The smallest absolute Gasteiger partial charge is 0.220 e. The minimum Gasteiger partial charge on any atom is -0.394 e. The maximum Gasteiger partial charge on any atom is 0.220 e. The first-order valence-electron chi connectivity index (χ1n) is 22.0. The molecule has 5 heteroatoms. The third-order valence-electron chi connectivity index (χ3n) is 10.4. The Bertz CT molecular complexity index is 684. The van der Waals surface area contributed by atoms with Gasteiger partial charge in [0.25, 0.3) is 0 Å². The van der Waals surface area contributed by atoms with E-state index in [1.54, 1.807) is 0 Å². The molecule has 0 aliphatic heterocycles. The molecule has 0 spiro atoms. The molecule has 0 aromatic carbocycles. The summed E-state index contributed by atoms with van der Waals surface area (Å²) in [5.74, 6) is -0.151. The van der Waals surface area contributed by atoms with E-state index >= 15 is 0 Å². The first kappa shape index (κ1) is 48.1. The molecule has 3 atom stereocenters. The van der Waals surface area contributed by atoms with Crippen molar-refractivity contribution in [2.24, 2.45) is 0 Å². The minimum atomic E-state index is -1.15. The van der Waals surface area contributed by atoms with Crippen LogP contribution in [0.25, 0.3) is 0 Å². The zero-order valence-corrected chi connectivity index (χ0v) is 33.1. The first-order valence-corrected chi connectivity index (χ1v) is 22.0. The SMILES string of the molecule is CCCCCCCCCC/C=C/CCCC(O)C(O)C(CO)NC(=O)CCCCCCCCCCCCCCCCCCCCCCCC. The van der Waals surface area contributed by atoms with E-state index in [2.05, 4.69) is 31.3 Å². The Morgan fingerprint density at radius 1 is 0.490 bits per heavy atom. The fraction of sp³-hybridized carbons (Fsp3) is 0.932. The van der Waals surface area contributed by atoms with E-state index in [9.17, 15) is 20.1 Å². The zero-order chi connectivity index (χ0) is 35.9. The van der Waals surface area contributed by atoms with Crippen molar-refractivity contribution < 1.29 is 20.1 Å². The van der Waals surface area contributed by atoms with Gasteiger partial charge in [-0.3, -0.25) is 4.79 Å². The number of nitrogens with one attached hydrogen (secondary N) is 1. The Morgan fingerprint density at radius 3 is 1.18 bits per heavy atom. The highest BCUT2D eigenvalue weighted by Crippen LogP contribution is 2.16. The van der Waals surface area contributed by atoms with Crippen LogP contribution >= 0.6 is 0 Å². The molecule has 0 aliphatic carbocycles. The van der Waals surface area contributed by atoms with Crippen molar-refractivity contribution in [2.75, 3.05) is 6.61 Å². The second-order valence-electron chi connectivity index (χ2n) is 15.3. The number of unbranched alkanes of at least 4 members (excludes halogenated alkanes) is 30. The molecule has 49 heavy (non-hydrogen) atoms. The van der Waals surface area contributed by atoms with Gasteiger partial charge < -0.3 is 20.6 Å². The highest BCUT2D eigenvalue weighted by Gasteiger charge is 2.26. The van der Waals surface area contributed by atoms with Crippen LogP contribution in [0.1, 0.15) is 239 Å². The van der Waals surface area contributed by atoms with Crippen LogP contribution in [0.5, 0.6) is 0 Å². The quantitative estimate of drug-likeness (QED) is 0.0380. The second-order valence-corrected chi connectivity index (χ2v) is 15.3. The van der Waals surface area contributed by atoms with Gasteiger partial charge in [-0.1, -0.05) is 206 Å². The van der Waals surface area contributed by atoms with E-state index in [4.69, 9.17) is 0 Å². The van der Waals surface area contributed by atoms with Crippen LogP contribution in [0.3, 0.4) is 0 Å². The number of allylic oxidation sites excluding steroid dienone is 2. The molecule has 0 saturated heterocycles. The summed E-state index contributed by atoms with van der Waals surface area (Å²) in [6.45, 7) is 4.17. The standard InChI is InChI=1S/C44H87NO4/c1-3-5-7-9-11-13-15-17-18-19-20-21-22-23-24-25-27-29-31-33-35-37-39-43(48)45-41(40-46)44(49)42(47)38-36-34-32-30-28-26-16-14-12-10-8-6-4-2/h30,32,41-42,44,46-47,49H,3-29,31,33-40H2,1-2H3,(H,45,48)/b32-30+. The molecule has 0 fully saturated rings. The molecular formula is C44H87NO4. The van der Waals surface area contributed by atoms with Crippen molar-refractivity contribution in [3.8, 4) is 0 Å². The van der Waals surface area contributed by atoms with Crippen molar-refractivity contribution in [1.29, 1.82) is 0 Å². The van der Waals surface area contributed by atoms with Gasteiger partial charge in [0.05, 0.1) is 18.8 Å². The van der Waals surface area contributed by atoms with Gasteiger partial charge in [-0.25, -0.2) is 0 Å². The Balaban J connectivity index is 3.59. The summed E-state index contributed by atoms with van der Waals surface area (Å²) < 4.78 is 0. The van der Waals surface area contributed by atoms with E-state index < -0.39 is 18.2 Å². The first-order chi connectivity index (χ1) is 24.1. The third kappa shape index (κ3) is 35.3. The lowest BCUT2D eigenvalue weighted by atomic mass is 10.0. The van der Waals surface area contributed by atoms with Crippen LogP contribution < -0.4 is 5.32 Å². The van der Waals surface area contributed by atoms with Crippen LogP contribution in [-0.4, -0.2) is 46.1 Å². The monoisotopic (exact) mass is 694 g/mol. The van der Waals surface area contributed by atoms with Gasteiger partial charge in [-0.15, -0.1) is 0 Å². The number of hydrogen-bond acceptors (Lipinski definition) is 4. The molecule has 292 valence electrons. The van der Waals surface area contributed by atoms with Gasteiger partial charge in [0.2, 0.25) is 5.91 Å². The predicted octanol–water partition coefficient (Wildman–Crippen LogP) is 12.4. The number of rotatable bonds is 40. The van der Waals surface area contributed by atoms with E-state index in [0.29, 0.717) is 12.8 Å². The summed E-state index contributed by atoms with van der Waals surface area (Å²) in [6, 6.07) is -0.820. The number of amides is 1. The van der Waals surface area contributed by atoms with Crippen LogP contribution in [0.2, 0.25) is 0 Å². The van der Waals surface area contributed by atoms with Crippen LogP contribution in [0, 0.1) is 0 Å². The Labute approximate surface area is 306 Å². The molecule has 0 rings (SSSR count). The van der Waals surface area contributed by atoms with Gasteiger partial charge in [0, 0.05) is 6.42 Å². The third-order valence-corrected chi connectivity index (χ3v) is 10.4. The Kier molecular flexibility index (Phi) is 39.1. The second kappa shape index (κ2) is 39.9. The summed E-state index contributed by atoms with van der Waals surface area (Å²) in [5.41, 5.74) is 0. The van der Waals surface area contributed by atoms with Gasteiger partial charge in [-0.2, -0.15) is 0 Å². The van der Waals surface area contributed by atoms with Gasteiger partial charge >= 0.3 is 0 Å². The fourth-order valence-corrected chi connectivity index (χ4v) is 6.93. The predicted molar refractivity (Wildman–Crippen MR) is 213 cm³/mol. The Morgan fingerprint density at radius 2 is 0.816 bits per heavy atom. The van der Waals surface area contributed by atoms with E-state index in [1.165, 1.54) is 173 Å². The van der Waals surface area contributed by atoms with Crippen molar-refractivity contribution in [3.05, 3.63) is 12.2 Å². The molecule has 0 aromatic rings. The van der Waals surface area contributed by atoms with Crippen molar-refractivity contribution in [1.82, 2.24) is 5.32 Å². The van der Waals surface area contributed by atoms with Gasteiger partial charge in [0.15, 0.2) is 0 Å². The lowest BCUT2D eigenvalue weighted by Gasteiger charge is -2.26. The van der Waals surface area contributed by atoms with Gasteiger partial charge in [0.1, 0.15) is 6.10 Å². The van der Waals surface area contributed by atoms with Crippen LogP contribution in [0.15, 0.2) is 12.2 Å². The lowest BCUT2D eigenvalue weighted by molar-refractivity contribution is -0.124. The molecule has 5 nitrogen and oxygen atoms in total. The largest absolute Gasteiger partial charge is 0.394 e. The molecule has 0 bridgehead atoms. The summed E-state index contributed by atoms with van der Waals surface area (Å²) in [6.07, 6.45) is 46.1. The molecular weight excluding hydrogens is 606 g/mol. The van der Waals surface area contributed by atoms with Crippen molar-refractivity contribution >= 4 is 5.91 Å². The fourth-order valence-electron chi connectivity index (χ4n) is 6.93. The van der Waals surface area contributed by atoms with E-state index in [1.807, 2.05) is 0 Å². The summed E-state index contributed by atoms with van der Waals surface area (Å²) in [5, 5.41) is 33.4. The zero-order valence-electron chi connectivity index (χ0n) is 33.1. The van der Waals surface area contributed by atoms with Crippen LogP contribution in [0.4, 0.5) is 0 Å². The van der Waals surface area contributed by atoms with E-state index in [-0.39, 0.29) is 12.5 Å². The summed E-state index contributed by atoms with van der Waals surface area (Å²) >= 11 is 0. The molecule has 4 N–H and O–H groups in total. The minimum absolute atomic E-state index is 0.151. The topological polar surface area (TPSA) is 89.8 Å². The average molecular weight is 694 g/mol. The number of hydrogen-bond donors (Lipinski definition) is 4. The number of aliphatic hydroxyl groups excluding tert-OH is 3. The summed E-state index contributed by atoms with van der Waals surface area (Å²) in [7, 11) is 0. The molecule has 3 unspecified atom stereocenters. The average Bonchev–Trinajstić information content (AvgIpc) is 3.10. The highest BCUT2D eigenvalue weighted by atomic mass is 16.3. The number of carbonyl (C=O) groups is 1. The van der Waals surface area contributed by atoms with Gasteiger partial charge in [-0.05, 0) is 38.5 Å². The molecule has 0 heterocycles. The van der Waals surface area contributed by atoms with Crippen LogP contribution in [-0.2, 0) is 4.79 Å². The molecule has 1 amide bonds. The molecule has 0 aromatic heterocycles. The Hall–Kier alpha value is -0.910. The van der Waals surface area contributed by atoms with Crippen molar-refractivity contribution in [3.63, 3.8) is 0 Å². The maximum absolute atomic E-state index is 12.4. The van der Waals surface area contributed by atoms with E-state index in [0.717, 1.165) is 38.5 Å². The molecule has 0 radical (unpaired) electrons. The normalized spacial score (nSPS) is 13.7. The highest BCUT2D eigenvalue weighted by molar-refractivity contribution is 5.76. The molecule has 0 saturated carbocycles. The maximum atomic E-state index is 12.4. The summed E-state index contributed by atoms with van der Waals surface area (Å²) in [4.78, 5) is 12.4.